The summed E-state index contributed by atoms with van der Waals surface area (Å²) in [4.78, 5) is 27.3. The molecule has 0 aliphatic heterocycles. The fraction of sp³-hybridized carbons (Fsp3) is 0.391. The molecule has 0 heterocycles. The van der Waals surface area contributed by atoms with Gasteiger partial charge in [0.1, 0.15) is 6.04 Å². The van der Waals surface area contributed by atoms with Gasteiger partial charge in [0.15, 0.2) is 0 Å². The maximum Gasteiger partial charge on any atom is 0.242 e. The topological polar surface area (TPSA) is 49.4 Å². The first kappa shape index (κ1) is 22.0. The second-order valence-corrected chi connectivity index (χ2v) is 7.79. The SMILES string of the molecule is Cc1ccccc1CN(C(=O)CCc1ccccc1Cl)[C@@H](C)C(=O)NC(C)C. The summed E-state index contributed by atoms with van der Waals surface area (Å²) in [5.41, 5.74) is 3.08. The van der Waals surface area contributed by atoms with Crippen molar-refractivity contribution in [2.75, 3.05) is 0 Å². The molecule has 1 N–H and O–H groups in total. The van der Waals surface area contributed by atoms with E-state index in [0.29, 0.717) is 24.4 Å². The summed E-state index contributed by atoms with van der Waals surface area (Å²) >= 11 is 6.22. The fourth-order valence-corrected chi connectivity index (χ4v) is 3.28. The molecule has 2 aromatic carbocycles. The molecule has 2 aromatic rings. The second kappa shape index (κ2) is 10.3. The molecule has 4 nitrogen and oxygen atoms in total. The molecule has 0 fully saturated rings. The van der Waals surface area contributed by atoms with E-state index in [9.17, 15) is 9.59 Å². The highest BCUT2D eigenvalue weighted by Gasteiger charge is 2.26. The van der Waals surface area contributed by atoms with Crippen LogP contribution in [0.5, 0.6) is 0 Å². The van der Waals surface area contributed by atoms with Crippen molar-refractivity contribution in [3.63, 3.8) is 0 Å². The van der Waals surface area contributed by atoms with E-state index in [4.69, 9.17) is 11.6 Å². The molecule has 0 aromatic heterocycles. The van der Waals surface area contributed by atoms with Gasteiger partial charge in [-0.3, -0.25) is 9.59 Å². The highest BCUT2D eigenvalue weighted by atomic mass is 35.5. The predicted octanol–water partition coefficient (Wildman–Crippen LogP) is 4.52. The van der Waals surface area contributed by atoms with Crippen LogP contribution in [0, 0.1) is 6.92 Å². The predicted molar refractivity (Wildman–Crippen MR) is 114 cm³/mol. The lowest BCUT2D eigenvalue weighted by molar-refractivity contribution is -0.140. The van der Waals surface area contributed by atoms with Crippen LogP contribution in [0.1, 0.15) is 43.9 Å². The van der Waals surface area contributed by atoms with Crippen molar-refractivity contribution in [1.82, 2.24) is 10.2 Å². The lowest BCUT2D eigenvalue weighted by Crippen LogP contribution is -2.49. The number of benzene rings is 2. The molecule has 0 aliphatic carbocycles. The van der Waals surface area contributed by atoms with Crippen molar-refractivity contribution in [3.8, 4) is 0 Å². The summed E-state index contributed by atoms with van der Waals surface area (Å²) in [7, 11) is 0. The summed E-state index contributed by atoms with van der Waals surface area (Å²) in [5.74, 6) is -0.204. The van der Waals surface area contributed by atoms with E-state index < -0.39 is 6.04 Å². The molecule has 0 unspecified atom stereocenters. The van der Waals surface area contributed by atoms with Gasteiger partial charge in [-0.25, -0.2) is 0 Å². The third-order valence-corrected chi connectivity index (χ3v) is 5.13. The number of aryl methyl sites for hydroxylation is 2. The normalized spacial score (nSPS) is 11.9. The van der Waals surface area contributed by atoms with E-state index in [0.717, 1.165) is 16.7 Å². The van der Waals surface area contributed by atoms with Crippen LogP contribution in [0.2, 0.25) is 5.02 Å². The molecular weight excluding hydrogens is 372 g/mol. The number of nitrogens with zero attached hydrogens (tertiary/aromatic N) is 1. The molecule has 0 saturated carbocycles. The number of halogens is 1. The molecular formula is C23H29ClN2O2. The van der Waals surface area contributed by atoms with Gasteiger partial charge < -0.3 is 10.2 Å². The number of carbonyl (C=O) groups is 2. The number of hydrogen-bond acceptors (Lipinski definition) is 2. The van der Waals surface area contributed by atoms with Gasteiger partial charge in [0.05, 0.1) is 0 Å². The van der Waals surface area contributed by atoms with Crippen molar-refractivity contribution >= 4 is 23.4 Å². The smallest absolute Gasteiger partial charge is 0.242 e. The summed E-state index contributed by atoms with van der Waals surface area (Å²) in [6.45, 7) is 8.02. The number of rotatable bonds is 8. The minimum atomic E-state index is -0.555. The van der Waals surface area contributed by atoms with E-state index in [1.165, 1.54) is 0 Å². The van der Waals surface area contributed by atoms with Crippen LogP contribution < -0.4 is 5.32 Å². The Hall–Kier alpha value is -2.33. The zero-order chi connectivity index (χ0) is 20.7. The van der Waals surface area contributed by atoms with E-state index in [2.05, 4.69) is 5.32 Å². The Kier molecular flexibility index (Phi) is 8.06. The molecule has 0 saturated heterocycles. The van der Waals surface area contributed by atoms with Crippen LogP contribution in [0.15, 0.2) is 48.5 Å². The van der Waals surface area contributed by atoms with Crippen LogP contribution in [0.25, 0.3) is 0 Å². The van der Waals surface area contributed by atoms with Crippen molar-refractivity contribution in [1.29, 1.82) is 0 Å². The maximum absolute atomic E-state index is 13.1. The highest BCUT2D eigenvalue weighted by molar-refractivity contribution is 6.31. The molecule has 2 rings (SSSR count). The van der Waals surface area contributed by atoms with E-state index in [-0.39, 0.29) is 17.9 Å². The molecule has 0 spiro atoms. The Labute approximate surface area is 172 Å². The van der Waals surface area contributed by atoms with Gasteiger partial charge in [-0.2, -0.15) is 0 Å². The minimum absolute atomic E-state index is 0.0217. The van der Waals surface area contributed by atoms with Crippen molar-refractivity contribution < 1.29 is 9.59 Å². The highest BCUT2D eigenvalue weighted by Crippen LogP contribution is 2.19. The molecule has 0 radical (unpaired) electrons. The average molecular weight is 401 g/mol. The summed E-state index contributed by atoms with van der Waals surface area (Å²) in [6.07, 6.45) is 0.843. The van der Waals surface area contributed by atoms with Crippen LogP contribution in [0.4, 0.5) is 0 Å². The monoisotopic (exact) mass is 400 g/mol. The van der Waals surface area contributed by atoms with Crippen LogP contribution >= 0.6 is 11.6 Å². The Morgan fingerprint density at radius 3 is 2.21 bits per heavy atom. The third kappa shape index (κ3) is 6.10. The van der Waals surface area contributed by atoms with Crippen LogP contribution in [-0.2, 0) is 22.6 Å². The molecule has 0 aliphatic rings. The standard InChI is InChI=1S/C23H29ClN2O2/c1-16(2)25-23(28)18(4)26(15-20-11-6-5-9-17(20)3)22(27)14-13-19-10-7-8-12-21(19)24/h5-12,16,18H,13-15H2,1-4H3,(H,25,28)/t18-/m0/s1. The summed E-state index contributed by atoms with van der Waals surface area (Å²) < 4.78 is 0. The van der Waals surface area contributed by atoms with E-state index in [1.807, 2.05) is 69.3 Å². The largest absolute Gasteiger partial charge is 0.352 e. The number of amides is 2. The molecule has 150 valence electrons. The molecule has 2 amide bonds. The Morgan fingerprint density at radius 1 is 1.00 bits per heavy atom. The molecule has 1 atom stereocenters. The summed E-state index contributed by atoms with van der Waals surface area (Å²) in [6, 6.07) is 14.9. The average Bonchev–Trinajstić information content (AvgIpc) is 2.65. The van der Waals surface area contributed by atoms with Gasteiger partial charge in [-0.05, 0) is 56.9 Å². The van der Waals surface area contributed by atoms with Gasteiger partial charge in [0, 0.05) is 24.0 Å². The quantitative estimate of drug-likeness (QED) is 0.708. The first-order valence-corrected chi connectivity index (χ1v) is 10.0. The third-order valence-electron chi connectivity index (χ3n) is 4.77. The number of hydrogen-bond donors (Lipinski definition) is 1. The number of carbonyl (C=O) groups excluding carboxylic acids is 2. The summed E-state index contributed by atoms with van der Waals surface area (Å²) in [5, 5.41) is 3.57. The van der Waals surface area contributed by atoms with Crippen molar-refractivity contribution in [2.24, 2.45) is 0 Å². The lowest BCUT2D eigenvalue weighted by atomic mass is 10.1. The van der Waals surface area contributed by atoms with Crippen LogP contribution in [-0.4, -0.2) is 28.8 Å². The molecule has 28 heavy (non-hydrogen) atoms. The van der Waals surface area contributed by atoms with Crippen molar-refractivity contribution in [3.05, 3.63) is 70.2 Å². The second-order valence-electron chi connectivity index (χ2n) is 7.38. The van der Waals surface area contributed by atoms with Gasteiger partial charge in [0.25, 0.3) is 0 Å². The zero-order valence-electron chi connectivity index (χ0n) is 17.0. The first-order valence-electron chi connectivity index (χ1n) is 9.67. The Bertz CT molecular complexity index is 820. The Balaban J connectivity index is 2.18. The van der Waals surface area contributed by atoms with Gasteiger partial charge >= 0.3 is 0 Å². The first-order chi connectivity index (χ1) is 13.3. The van der Waals surface area contributed by atoms with Gasteiger partial charge in [-0.1, -0.05) is 54.1 Å². The Morgan fingerprint density at radius 2 is 1.61 bits per heavy atom. The van der Waals surface area contributed by atoms with E-state index >= 15 is 0 Å². The minimum Gasteiger partial charge on any atom is -0.352 e. The van der Waals surface area contributed by atoms with E-state index in [1.54, 1.807) is 11.8 Å². The maximum atomic E-state index is 13.1. The van der Waals surface area contributed by atoms with Crippen molar-refractivity contribution in [2.45, 2.75) is 59.2 Å². The molecule has 5 heteroatoms. The van der Waals surface area contributed by atoms with Gasteiger partial charge in [0.2, 0.25) is 11.8 Å². The molecule has 0 bridgehead atoms. The van der Waals surface area contributed by atoms with Gasteiger partial charge in [-0.15, -0.1) is 0 Å². The zero-order valence-corrected chi connectivity index (χ0v) is 17.8. The van der Waals surface area contributed by atoms with Crippen LogP contribution in [0.3, 0.4) is 0 Å². The fourth-order valence-electron chi connectivity index (χ4n) is 3.05. The lowest BCUT2D eigenvalue weighted by Gasteiger charge is -2.30. The number of nitrogens with one attached hydrogen (secondary N) is 1.